The van der Waals surface area contributed by atoms with Gasteiger partial charge in [0, 0.05) is 37.9 Å². The van der Waals surface area contributed by atoms with Gasteiger partial charge in [-0.15, -0.1) is 0 Å². The second kappa shape index (κ2) is 18.6. The molecule has 12 nitrogen and oxygen atoms in total. The highest BCUT2D eigenvalue weighted by Gasteiger charge is 2.76. The van der Waals surface area contributed by atoms with Crippen LogP contribution in [0.3, 0.4) is 0 Å². The summed E-state index contributed by atoms with van der Waals surface area (Å²) in [5, 5.41) is 26.9. The Kier molecular flexibility index (Phi) is 13.3. The first-order valence-electron chi connectivity index (χ1n) is 21.0. The quantitative estimate of drug-likeness (QED) is 0.0823. The van der Waals surface area contributed by atoms with Crippen molar-refractivity contribution in [3.63, 3.8) is 0 Å². The number of hydroxylamine groups is 2. The Bertz CT molecular complexity index is 1940. The maximum absolute atomic E-state index is 15.0. The van der Waals surface area contributed by atoms with Gasteiger partial charge in [-0.05, 0) is 59.7 Å². The number of benzene rings is 3. The third kappa shape index (κ3) is 8.58. The number of phenols is 1. The van der Waals surface area contributed by atoms with Crippen molar-refractivity contribution in [2.24, 2.45) is 5.41 Å². The highest BCUT2D eigenvalue weighted by molar-refractivity contribution is 5.95. The predicted octanol–water partition coefficient (Wildman–Crippen LogP) is 6.13. The summed E-state index contributed by atoms with van der Waals surface area (Å²) in [5.41, 5.74) is 2.34. The van der Waals surface area contributed by atoms with E-state index in [9.17, 15) is 19.5 Å². The SMILES string of the molecule is CCCCCC1(CCCCC)O[C@@H]2[C@H](O1)[C@H]1ON(Cc3ccccc3C=CCc3ccccc3O)[C@H]3C(=O)O[C@@H]2C[C@@]13C(=O)NCc1cccc(C(=O)NCCO)c1. The molecule has 3 aliphatic heterocycles. The number of nitrogens with zero attached hydrogens (tertiary/aromatic N) is 1. The fourth-order valence-electron chi connectivity index (χ4n) is 9.14. The van der Waals surface area contributed by atoms with Crippen molar-refractivity contribution < 1.29 is 43.6 Å². The molecule has 3 aromatic rings. The molecule has 58 heavy (non-hydrogen) atoms. The van der Waals surface area contributed by atoms with Gasteiger partial charge in [0.25, 0.3) is 5.91 Å². The first-order valence-corrected chi connectivity index (χ1v) is 21.0. The number of hydrogen-bond donors (Lipinski definition) is 4. The van der Waals surface area contributed by atoms with Crippen LogP contribution >= 0.6 is 0 Å². The number of allylic oxidation sites excluding steroid dienone is 1. The largest absolute Gasteiger partial charge is 0.508 e. The number of unbranched alkanes of at least 4 members (excludes halogenated alkanes) is 4. The van der Waals surface area contributed by atoms with Crippen molar-refractivity contribution in [2.45, 2.75) is 127 Å². The molecule has 310 valence electrons. The molecule has 0 unspecified atom stereocenters. The number of carbonyl (C=O) groups excluding carboxylic acids is 3. The minimum absolute atomic E-state index is 0.106. The van der Waals surface area contributed by atoms with Gasteiger partial charge in [-0.25, -0.2) is 0 Å². The Balaban J connectivity index is 1.20. The maximum Gasteiger partial charge on any atom is 0.327 e. The van der Waals surface area contributed by atoms with Crippen LogP contribution in [-0.4, -0.2) is 82.5 Å². The fraction of sp³-hybridized carbons (Fsp3) is 0.500. The van der Waals surface area contributed by atoms with Gasteiger partial charge in [0.15, 0.2) is 11.8 Å². The van der Waals surface area contributed by atoms with E-state index in [4.69, 9.17) is 24.2 Å². The number of fused-ring (bicyclic) bond motifs is 4. The molecule has 6 atom stereocenters. The molecule has 3 aromatic carbocycles. The first-order chi connectivity index (χ1) is 28.2. The van der Waals surface area contributed by atoms with Gasteiger partial charge < -0.3 is 35.1 Å². The van der Waals surface area contributed by atoms with E-state index >= 15 is 0 Å². The molecule has 4 N–H and O–H groups in total. The van der Waals surface area contributed by atoms with Gasteiger partial charge in [-0.3, -0.25) is 19.2 Å². The molecule has 7 rings (SSSR count). The number of carbonyl (C=O) groups is 3. The minimum Gasteiger partial charge on any atom is -0.508 e. The Morgan fingerprint density at radius 3 is 2.36 bits per heavy atom. The highest BCUT2D eigenvalue weighted by Crippen LogP contribution is 2.58. The Morgan fingerprint density at radius 2 is 1.62 bits per heavy atom. The standard InChI is InChI=1S/C46H57N3O9/c1-3-5-11-23-45(24-12-6-4-2)56-38-37-28-46(44(54)48-29-31-15-13-21-34(27-31)42(52)47-25-26-50)40(43(53)55-37)49(58-41(46)39(38)57-45)30-35-18-8-7-16-32(35)19-14-20-33-17-9-10-22-36(33)51/h7-10,13-19,21-22,27,37-41,50-51H,3-6,11-12,20,23-26,28-30H2,1-2H3,(H,47,52)(H,48,54)/t37-,38+,39+,40+,41-,46+/m1/s1. The number of aromatic hydroxyl groups is 1. The average molecular weight is 796 g/mol. The summed E-state index contributed by atoms with van der Waals surface area (Å²) in [6, 6.07) is 21.0. The second-order valence-corrected chi connectivity index (χ2v) is 16.0. The van der Waals surface area contributed by atoms with Crippen molar-refractivity contribution in [3.05, 3.63) is 107 Å². The van der Waals surface area contributed by atoms with Crippen molar-refractivity contribution in [1.82, 2.24) is 15.7 Å². The number of nitrogens with one attached hydrogen (secondary N) is 2. The summed E-state index contributed by atoms with van der Waals surface area (Å²) in [5.74, 6) is -1.87. The number of phenolic OH excluding ortho intramolecular Hbond substituents is 1. The van der Waals surface area contributed by atoms with Gasteiger partial charge in [-0.1, -0.05) is 106 Å². The minimum atomic E-state index is -1.36. The van der Waals surface area contributed by atoms with E-state index in [1.807, 2.05) is 54.6 Å². The lowest BCUT2D eigenvalue weighted by Crippen LogP contribution is -2.69. The summed E-state index contributed by atoms with van der Waals surface area (Å²) in [6.07, 6.45) is 9.28. The van der Waals surface area contributed by atoms with E-state index < -0.39 is 47.6 Å². The molecule has 1 aliphatic carbocycles. The lowest BCUT2D eigenvalue weighted by molar-refractivity contribution is -0.224. The van der Waals surface area contributed by atoms with Crippen LogP contribution in [0.15, 0.2) is 78.9 Å². The van der Waals surface area contributed by atoms with Crippen LogP contribution in [0.5, 0.6) is 5.75 Å². The summed E-state index contributed by atoms with van der Waals surface area (Å²) >= 11 is 0. The molecular weight excluding hydrogens is 739 g/mol. The van der Waals surface area contributed by atoms with Crippen LogP contribution in [0, 0.1) is 5.41 Å². The zero-order chi connectivity index (χ0) is 40.7. The zero-order valence-corrected chi connectivity index (χ0v) is 33.6. The first kappa shape index (κ1) is 41.6. The molecule has 12 heteroatoms. The van der Waals surface area contributed by atoms with Crippen LogP contribution in [0.1, 0.15) is 104 Å². The monoisotopic (exact) mass is 795 g/mol. The molecule has 1 saturated carbocycles. The van der Waals surface area contributed by atoms with Crippen LogP contribution in [0.2, 0.25) is 0 Å². The van der Waals surface area contributed by atoms with E-state index in [0.29, 0.717) is 30.4 Å². The van der Waals surface area contributed by atoms with Crippen LogP contribution in [0.25, 0.3) is 6.08 Å². The van der Waals surface area contributed by atoms with Crippen molar-refractivity contribution in [3.8, 4) is 5.75 Å². The highest BCUT2D eigenvalue weighted by atomic mass is 16.8. The summed E-state index contributed by atoms with van der Waals surface area (Å²) in [7, 11) is 0. The van der Waals surface area contributed by atoms with E-state index in [1.165, 1.54) is 0 Å². The Hall–Kier alpha value is -4.59. The summed E-state index contributed by atoms with van der Waals surface area (Å²) in [4.78, 5) is 48.8. The van der Waals surface area contributed by atoms with Crippen molar-refractivity contribution in [2.75, 3.05) is 13.2 Å². The van der Waals surface area contributed by atoms with Gasteiger partial charge in [0.05, 0.1) is 13.2 Å². The molecule has 2 amide bonds. The molecule has 3 saturated heterocycles. The zero-order valence-electron chi connectivity index (χ0n) is 33.6. The maximum atomic E-state index is 15.0. The second-order valence-electron chi connectivity index (χ2n) is 16.0. The Morgan fingerprint density at radius 1 is 0.897 bits per heavy atom. The van der Waals surface area contributed by atoms with Crippen molar-refractivity contribution in [1.29, 1.82) is 0 Å². The third-order valence-electron chi connectivity index (χ3n) is 12.0. The average Bonchev–Trinajstić information content (AvgIpc) is 3.79. The van der Waals surface area contributed by atoms with E-state index in [1.54, 1.807) is 35.4 Å². The van der Waals surface area contributed by atoms with Crippen LogP contribution in [0.4, 0.5) is 0 Å². The number of rotatable bonds is 19. The number of esters is 1. The number of aliphatic hydroxyl groups is 1. The smallest absolute Gasteiger partial charge is 0.327 e. The van der Waals surface area contributed by atoms with E-state index in [2.05, 4.69) is 24.5 Å². The fourth-order valence-corrected chi connectivity index (χ4v) is 9.14. The molecule has 3 heterocycles. The molecule has 0 aromatic heterocycles. The van der Waals surface area contributed by atoms with Crippen LogP contribution < -0.4 is 10.6 Å². The molecular formula is C46H57N3O9. The molecule has 0 radical (unpaired) electrons. The molecule has 4 aliphatic rings. The van der Waals surface area contributed by atoms with E-state index in [-0.39, 0.29) is 50.2 Å². The topological polar surface area (TPSA) is 156 Å². The van der Waals surface area contributed by atoms with Gasteiger partial charge in [0.1, 0.15) is 35.6 Å². The van der Waals surface area contributed by atoms with E-state index in [0.717, 1.165) is 55.2 Å². The molecule has 2 bridgehead atoms. The van der Waals surface area contributed by atoms with Gasteiger partial charge >= 0.3 is 5.97 Å². The molecule has 4 fully saturated rings. The van der Waals surface area contributed by atoms with Gasteiger partial charge in [0.2, 0.25) is 5.91 Å². The lowest BCUT2D eigenvalue weighted by atomic mass is 9.62. The number of aliphatic hydroxyl groups excluding tert-OH is 1. The van der Waals surface area contributed by atoms with Crippen molar-refractivity contribution >= 4 is 23.9 Å². The summed E-state index contributed by atoms with van der Waals surface area (Å²) in [6.45, 7) is 4.58. The number of ether oxygens (including phenoxy) is 3. The number of amides is 2. The number of para-hydroxylation sites is 1. The number of hydrogen-bond acceptors (Lipinski definition) is 10. The van der Waals surface area contributed by atoms with Gasteiger partial charge in [-0.2, -0.15) is 5.06 Å². The normalized spacial score (nSPS) is 25.7. The molecule has 0 spiro atoms. The van der Waals surface area contributed by atoms with Crippen LogP contribution in [-0.2, 0) is 48.1 Å². The lowest BCUT2D eigenvalue weighted by Gasteiger charge is -2.48. The Labute approximate surface area is 340 Å². The predicted molar refractivity (Wildman–Crippen MR) is 217 cm³/mol. The third-order valence-corrected chi connectivity index (χ3v) is 12.0. The summed E-state index contributed by atoms with van der Waals surface area (Å²) < 4.78 is 20.2.